The number of hydrogen-bond acceptors (Lipinski definition) is 6. The molecule has 0 aliphatic heterocycles. The van der Waals surface area contributed by atoms with Crippen molar-refractivity contribution in [2.24, 2.45) is 5.73 Å². The van der Waals surface area contributed by atoms with Gasteiger partial charge in [0, 0.05) is 24.8 Å². The van der Waals surface area contributed by atoms with Crippen LogP contribution in [0, 0.1) is 0 Å². The molecule has 1 aromatic heterocycles. The minimum atomic E-state index is -0.270. The second-order valence-electron chi connectivity index (χ2n) is 4.29. The minimum absolute atomic E-state index is 0.0426. The monoisotopic (exact) mass is 284 g/mol. The van der Waals surface area contributed by atoms with Crippen molar-refractivity contribution in [1.82, 2.24) is 4.98 Å². The fourth-order valence-electron chi connectivity index (χ4n) is 1.53. The summed E-state index contributed by atoms with van der Waals surface area (Å²) in [6, 6.07) is 3.42. The highest BCUT2D eigenvalue weighted by Crippen LogP contribution is 2.09. The smallest absolute Gasteiger partial charge is 0.137 e. The first-order valence-electron chi connectivity index (χ1n) is 6.86. The van der Waals surface area contributed by atoms with Crippen LogP contribution >= 0.6 is 0 Å². The van der Waals surface area contributed by atoms with Crippen molar-refractivity contribution in [3.8, 4) is 5.75 Å². The van der Waals surface area contributed by atoms with Crippen LogP contribution in [0.1, 0.15) is 12.6 Å². The average molecular weight is 284 g/mol. The van der Waals surface area contributed by atoms with Gasteiger partial charge in [-0.3, -0.25) is 4.98 Å². The van der Waals surface area contributed by atoms with Gasteiger partial charge in [-0.2, -0.15) is 0 Å². The molecule has 0 radical (unpaired) electrons. The van der Waals surface area contributed by atoms with Crippen molar-refractivity contribution < 1.29 is 19.3 Å². The maximum atomic E-state index is 8.87. The fourth-order valence-corrected chi connectivity index (χ4v) is 1.53. The molecule has 3 N–H and O–H groups in total. The summed E-state index contributed by atoms with van der Waals surface area (Å²) in [6.45, 7) is 4.79. The van der Waals surface area contributed by atoms with E-state index in [9.17, 15) is 0 Å². The number of nitrogens with zero attached hydrogens (tertiary/aromatic N) is 1. The first-order valence-corrected chi connectivity index (χ1v) is 6.86. The molecular formula is C14H24N2O4. The number of pyridine rings is 1. The summed E-state index contributed by atoms with van der Waals surface area (Å²) in [5.41, 5.74) is 6.48. The minimum Gasteiger partial charge on any atom is -0.490 e. The van der Waals surface area contributed by atoms with Crippen LogP contribution in [0.25, 0.3) is 0 Å². The lowest BCUT2D eigenvalue weighted by Gasteiger charge is -2.09. The van der Waals surface area contributed by atoms with E-state index in [0.717, 1.165) is 5.69 Å². The number of aliphatic hydroxyl groups excluding tert-OH is 1. The van der Waals surface area contributed by atoms with Gasteiger partial charge in [0.05, 0.1) is 32.6 Å². The van der Waals surface area contributed by atoms with Crippen LogP contribution in [0.2, 0.25) is 0 Å². The summed E-state index contributed by atoms with van der Waals surface area (Å²) in [5.74, 6) is 0.694. The van der Waals surface area contributed by atoms with Gasteiger partial charge >= 0.3 is 0 Å². The van der Waals surface area contributed by atoms with Gasteiger partial charge in [-0.25, -0.2) is 0 Å². The number of ether oxygens (including phenoxy) is 3. The zero-order chi connectivity index (χ0) is 14.6. The summed E-state index contributed by atoms with van der Waals surface area (Å²) in [7, 11) is 0. The summed E-state index contributed by atoms with van der Waals surface area (Å²) in [5, 5.41) is 8.87. The standard InChI is InChI=1S/C14H24N2O4/c1-2-18-5-6-19-7-8-20-14-4-3-13(16-10-14)9-12(15)11-17/h3-4,10,12,17H,2,5-9,11,15H2,1H3. The zero-order valence-electron chi connectivity index (χ0n) is 12.0. The Hall–Kier alpha value is -1.21. The molecule has 0 aliphatic rings. The Balaban J connectivity index is 2.15. The third kappa shape index (κ3) is 7.40. The fraction of sp³-hybridized carbons (Fsp3) is 0.643. The molecule has 1 aromatic rings. The third-order valence-corrected chi connectivity index (χ3v) is 2.58. The molecule has 6 heteroatoms. The molecule has 0 bridgehead atoms. The Morgan fingerprint density at radius 2 is 1.95 bits per heavy atom. The Morgan fingerprint density at radius 1 is 1.20 bits per heavy atom. The van der Waals surface area contributed by atoms with E-state index in [2.05, 4.69) is 4.98 Å². The van der Waals surface area contributed by atoms with Gasteiger partial charge in [-0.05, 0) is 19.1 Å². The van der Waals surface area contributed by atoms with Crippen LogP contribution in [0.4, 0.5) is 0 Å². The molecule has 1 rings (SSSR count). The molecule has 20 heavy (non-hydrogen) atoms. The first kappa shape index (κ1) is 16.8. The van der Waals surface area contributed by atoms with Gasteiger partial charge < -0.3 is 25.1 Å². The van der Waals surface area contributed by atoms with E-state index in [1.54, 1.807) is 6.20 Å². The van der Waals surface area contributed by atoms with Gasteiger partial charge in [0.25, 0.3) is 0 Å². The maximum Gasteiger partial charge on any atom is 0.137 e. The van der Waals surface area contributed by atoms with Crippen molar-refractivity contribution in [1.29, 1.82) is 0 Å². The van der Waals surface area contributed by atoms with Gasteiger partial charge in [0.2, 0.25) is 0 Å². The normalized spacial score (nSPS) is 12.3. The van der Waals surface area contributed by atoms with E-state index < -0.39 is 0 Å². The first-order chi connectivity index (χ1) is 9.76. The average Bonchev–Trinajstić information content (AvgIpc) is 2.48. The lowest BCUT2D eigenvalue weighted by Crippen LogP contribution is -2.27. The van der Waals surface area contributed by atoms with Crippen LogP contribution in [0.3, 0.4) is 0 Å². The van der Waals surface area contributed by atoms with E-state index in [4.69, 9.17) is 25.1 Å². The lowest BCUT2D eigenvalue weighted by molar-refractivity contribution is 0.0404. The number of aromatic nitrogens is 1. The van der Waals surface area contributed by atoms with E-state index in [1.807, 2.05) is 19.1 Å². The van der Waals surface area contributed by atoms with Crippen LogP contribution in [-0.2, 0) is 15.9 Å². The molecule has 0 saturated carbocycles. The molecule has 1 unspecified atom stereocenters. The van der Waals surface area contributed by atoms with Gasteiger partial charge in [-0.1, -0.05) is 0 Å². The third-order valence-electron chi connectivity index (χ3n) is 2.58. The van der Waals surface area contributed by atoms with Crippen molar-refractivity contribution >= 4 is 0 Å². The molecule has 1 heterocycles. The molecule has 114 valence electrons. The Bertz CT molecular complexity index is 346. The van der Waals surface area contributed by atoms with E-state index >= 15 is 0 Å². The summed E-state index contributed by atoms with van der Waals surface area (Å²) in [4.78, 5) is 4.23. The number of nitrogens with two attached hydrogens (primary N) is 1. The Kier molecular flexibility index (Phi) is 8.90. The second-order valence-corrected chi connectivity index (χ2v) is 4.29. The number of rotatable bonds is 11. The summed E-state index contributed by atoms with van der Waals surface area (Å²) in [6.07, 6.45) is 2.21. The van der Waals surface area contributed by atoms with Crippen molar-refractivity contribution in [3.05, 3.63) is 24.0 Å². The van der Waals surface area contributed by atoms with E-state index in [0.29, 0.717) is 45.2 Å². The molecule has 0 saturated heterocycles. The van der Waals surface area contributed by atoms with E-state index in [-0.39, 0.29) is 12.6 Å². The highest BCUT2D eigenvalue weighted by Gasteiger charge is 2.03. The predicted octanol–water partition coefficient (Wildman–Crippen LogP) is 0.376. The topological polar surface area (TPSA) is 86.8 Å². The predicted molar refractivity (Wildman–Crippen MR) is 75.8 cm³/mol. The highest BCUT2D eigenvalue weighted by atomic mass is 16.5. The Labute approximate surface area is 119 Å². The van der Waals surface area contributed by atoms with Crippen molar-refractivity contribution in [2.75, 3.05) is 39.6 Å². The second kappa shape index (κ2) is 10.6. The Morgan fingerprint density at radius 3 is 2.60 bits per heavy atom. The molecule has 1 atom stereocenters. The van der Waals surface area contributed by atoms with Crippen LogP contribution < -0.4 is 10.5 Å². The lowest BCUT2D eigenvalue weighted by atomic mass is 10.1. The molecule has 6 nitrogen and oxygen atoms in total. The molecular weight excluding hydrogens is 260 g/mol. The SMILES string of the molecule is CCOCCOCCOc1ccc(CC(N)CO)nc1. The number of aliphatic hydroxyl groups is 1. The van der Waals surface area contributed by atoms with Crippen molar-refractivity contribution in [2.45, 2.75) is 19.4 Å². The maximum absolute atomic E-state index is 8.87. The highest BCUT2D eigenvalue weighted by molar-refractivity contribution is 5.20. The molecule has 0 spiro atoms. The quantitative estimate of drug-likeness (QED) is 0.571. The molecule has 0 aromatic carbocycles. The van der Waals surface area contributed by atoms with Crippen LogP contribution in [0.15, 0.2) is 18.3 Å². The van der Waals surface area contributed by atoms with Gasteiger partial charge in [-0.15, -0.1) is 0 Å². The summed E-state index contributed by atoms with van der Waals surface area (Å²) < 4.78 is 16.0. The van der Waals surface area contributed by atoms with Crippen LogP contribution in [0.5, 0.6) is 5.75 Å². The zero-order valence-corrected chi connectivity index (χ0v) is 12.0. The van der Waals surface area contributed by atoms with E-state index in [1.165, 1.54) is 0 Å². The number of hydrogen-bond donors (Lipinski definition) is 2. The molecule has 0 amide bonds. The van der Waals surface area contributed by atoms with Crippen LogP contribution in [-0.4, -0.2) is 55.8 Å². The summed E-state index contributed by atoms with van der Waals surface area (Å²) >= 11 is 0. The van der Waals surface area contributed by atoms with Gasteiger partial charge in [0.15, 0.2) is 0 Å². The van der Waals surface area contributed by atoms with Crippen molar-refractivity contribution in [3.63, 3.8) is 0 Å². The van der Waals surface area contributed by atoms with Gasteiger partial charge in [0.1, 0.15) is 12.4 Å². The molecule has 0 aliphatic carbocycles. The largest absolute Gasteiger partial charge is 0.490 e. The molecule has 0 fully saturated rings.